The van der Waals surface area contributed by atoms with E-state index in [-0.39, 0.29) is 0 Å². The third-order valence-electron chi connectivity index (χ3n) is 2.88. The molecule has 2 rings (SSSR count). The molecule has 2 aromatic rings. The SMILES string of the molecule is COc1ccc(CNc2ccc(C#N)c(Cl)c2)cc1N. The van der Waals surface area contributed by atoms with Crippen LogP contribution in [0.4, 0.5) is 11.4 Å². The van der Waals surface area contributed by atoms with Crippen molar-refractivity contribution in [3.8, 4) is 11.8 Å². The van der Waals surface area contributed by atoms with Crippen LogP contribution in [-0.2, 0) is 6.54 Å². The lowest BCUT2D eigenvalue weighted by atomic mass is 10.1. The van der Waals surface area contributed by atoms with Gasteiger partial charge in [-0.2, -0.15) is 5.26 Å². The summed E-state index contributed by atoms with van der Waals surface area (Å²) in [5.74, 6) is 0.662. The van der Waals surface area contributed by atoms with Crippen LogP contribution in [0, 0.1) is 11.3 Å². The van der Waals surface area contributed by atoms with Crippen LogP contribution in [0.25, 0.3) is 0 Å². The molecule has 0 saturated carbocycles. The summed E-state index contributed by atoms with van der Waals surface area (Å²) in [5.41, 5.74) is 8.80. The Hall–Kier alpha value is -2.38. The Morgan fingerprint density at radius 3 is 2.70 bits per heavy atom. The molecule has 0 saturated heterocycles. The highest BCUT2D eigenvalue weighted by Gasteiger charge is 2.03. The van der Waals surface area contributed by atoms with Gasteiger partial charge in [0.1, 0.15) is 11.8 Å². The highest BCUT2D eigenvalue weighted by atomic mass is 35.5. The number of hydrogen-bond acceptors (Lipinski definition) is 4. The standard InChI is InChI=1S/C15H14ClN3O/c1-20-15-5-2-10(6-14(15)18)9-19-12-4-3-11(8-17)13(16)7-12/h2-7,19H,9,18H2,1H3. The van der Waals surface area contributed by atoms with Gasteiger partial charge >= 0.3 is 0 Å². The van der Waals surface area contributed by atoms with Crippen molar-refractivity contribution in [3.05, 3.63) is 52.5 Å². The summed E-state index contributed by atoms with van der Waals surface area (Å²) in [7, 11) is 1.59. The number of halogens is 1. The zero-order valence-electron chi connectivity index (χ0n) is 11.0. The first-order valence-corrected chi connectivity index (χ1v) is 6.37. The Bertz CT molecular complexity index is 665. The number of nitrogens with one attached hydrogen (secondary N) is 1. The van der Waals surface area contributed by atoms with Crippen LogP contribution in [0.15, 0.2) is 36.4 Å². The number of nitrogen functional groups attached to an aromatic ring is 1. The lowest BCUT2D eigenvalue weighted by molar-refractivity contribution is 0.417. The Morgan fingerprint density at radius 1 is 1.30 bits per heavy atom. The third-order valence-corrected chi connectivity index (χ3v) is 3.19. The Balaban J connectivity index is 2.07. The van der Waals surface area contributed by atoms with Crippen molar-refractivity contribution in [3.63, 3.8) is 0 Å². The minimum atomic E-state index is 0.437. The average molecular weight is 288 g/mol. The van der Waals surface area contributed by atoms with Crippen LogP contribution in [-0.4, -0.2) is 7.11 Å². The second-order valence-corrected chi connectivity index (χ2v) is 4.64. The highest BCUT2D eigenvalue weighted by molar-refractivity contribution is 6.32. The molecule has 0 heterocycles. The van der Waals surface area contributed by atoms with E-state index in [0.29, 0.717) is 28.6 Å². The van der Waals surface area contributed by atoms with Gasteiger partial charge in [0, 0.05) is 12.2 Å². The van der Waals surface area contributed by atoms with Gasteiger partial charge in [-0.25, -0.2) is 0 Å². The smallest absolute Gasteiger partial charge is 0.141 e. The number of nitriles is 1. The molecule has 0 aliphatic carbocycles. The fraction of sp³-hybridized carbons (Fsp3) is 0.133. The van der Waals surface area contributed by atoms with E-state index in [0.717, 1.165) is 11.3 Å². The number of benzene rings is 2. The Labute approximate surface area is 122 Å². The number of ether oxygens (including phenoxy) is 1. The van der Waals surface area contributed by atoms with Gasteiger partial charge in [0.2, 0.25) is 0 Å². The average Bonchev–Trinajstić information content (AvgIpc) is 2.45. The molecule has 0 spiro atoms. The topological polar surface area (TPSA) is 71.1 Å². The molecule has 0 radical (unpaired) electrons. The summed E-state index contributed by atoms with van der Waals surface area (Å²) in [5, 5.41) is 12.5. The quantitative estimate of drug-likeness (QED) is 0.845. The van der Waals surface area contributed by atoms with Gasteiger partial charge in [-0.1, -0.05) is 17.7 Å². The molecule has 102 valence electrons. The van der Waals surface area contributed by atoms with Gasteiger partial charge in [-0.3, -0.25) is 0 Å². The molecule has 3 N–H and O–H groups in total. The lowest BCUT2D eigenvalue weighted by Gasteiger charge is -2.10. The largest absolute Gasteiger partial charge is 0.495 e. The molecule has 4 nitrogen and oxygen atoms in total. The molecule has 0 aromatic heterocycles. The summed E-state index contributed by atoms with van der Waals surface area (Å²) in [6, 6.07) is 12.9. The molecule has 0 atom stereocenters. The molecule has 5 heteroatoms. The molecule has 0 unspecified atom stereocenters. The zero-order chi connectivity index (χ0) is 14.5. The summed E-state index contributed by atoms with van der Waals surface area (Å²) < 4.78 is 5.11. The van der Waals surface area contributed by atoms with Crippen LogP contribution in [0.2, 0.25) is 5.02 Å². The zero-order valence-corrected chi connectivity index (χ0v) is 11.7. The molecule has 20 heavy (non-hydrogen) atoms. The number of hydrogen-bond donors (Lipinski definition) is 2. The van der Waals surface area contributed by atoms with Crippen molar-refractivity contribution in [1.82, 2.24) is 0 Å². The second-order valence-electron chi connectivity index (χ2n) is 4.24. The maximum atomic E-state index is 8.82. The Kier molecular flexibility index (Phi) is 4.34. The van der Waals surface area contributed by atoms with Gasteiger partial charge in [-0.05, 0) is 35.9 Å². The van der Waals surface area contributed by atoms with E-state index in [1.165, 1.54) is 0 Å². The predicted octanol–water partition coefficient (Wildman–Crippen LogP) is 3.41. The monoisotopic (exact) mass is 287 g/mol. The molecule has 0 amide bonds. The first kappa shape index (κ1) is 14.0. The van der Waals surface area contributed by atoms with E-state index in [9.17, 15) is 0 Å². The number of nitrogens with two attached hydrogens (primary N) is 1. The summed E-state index contributed by atoms with van der Waals surface area (Å²) in [6.45, 7) is 0.608. The lowest BCUT2D eigenvalue weighted by Crippen LogP contribution is -2.01. The van der Waals surface area contributed by atoms with Gasteiger partial charge in [-0.15, -0.1) is 0 Å². The van der Waals surface area contributed by atoms with Crippen molar-refractivity contribution < 1.29 is 4.74 Å². The van der Waals surface area contributed by atoms with Gasteiger partial charge in [0.25, 0.3) is 0 Å². The summed E-state index contributed by atoms with van der Waals surface area (Å²) in [4.78, 5) is 0. The number of nitrogens with zero attached hydrogens (tertiary/aromatic N) is 1. The summed E-state index contributed by atoms with van der Waals surface area (Å²) in [6.07, 6.45) is 0. The van der Waals surface area contributed by atoms with Crippen molar-refractivity contribution in [1.29, 1.82) is 5.26 Å². The van der Waals surface area contributed by atoms with Gasteiger partial charge < -0.3 is 15.8 Å². The van der Waals surface area contributed by atoms with Crippen molar-refractivity contribution in [2.24, 2.45) is 0 Å². The molecule has 0 fully saturated rings. The normalized spacial score (nSPS) is 9.85. The summed E-state index contributed by atoms with van der Waals surface area (Å²) >= 11 is 5.98. The van der Waals surface area contributed by atoms with Crippen LogP contribution in [0.3, 0.4) is 0 Å². The van der Waals surface area contributed by atoms with Crippen molar-refractivity contribution >= 4 is 23.0 Å². The number of anilines is 2. The van der Waals surface area contributed by atoms with Crippen molar-refractivity contribution in [2.45, 2.75) is 6.54 Å². The van der Waals surface area contributed by atoms with E-state index in [1.54, 1.807) is 19.2 Å². The minimum absolute atomic E-state index is 0.437. The molecular formula is C15H14ClN3O. The molecule has 2 aromatic carbocycles. The third kappa shape index (κ3) is 3.14. The number of rotatable bonds is 4. The van der Waals surface area contributed by atoms with E-state index < -0.39 is 0 Å². The Morgan fingerprint density at radius 2 is 2.10 bits per heavy atom. The van der Waals surface area contributed by atoms with E-state index in [4.69, 9.17) is 27.3 Å². The van der Waals surface area contributed by atoms with Gasteiger partial charge in [0.05, 0.1) is 23.4 Å². The first-order chi connectivity index (χ1) is 9.63. The fourth-order valence-corrected chi connectivity index (χ4v) is 2.04. The molecule has 0 bridgehead atoms. The van der Waals surface area contributed by atoms with Crippen LogP contribution >= 0.6 is 11.6 Å². The fourth-order valence-electron chi connectivity index (χ4n) is 1.81. The predicted molar refractivity (Wildman–Crippen MR) is 80.9 cm³/mol. The maximum absolute atomic E-state index is 8.82. The molecule has 0 aliphatic rings. The van der Waals surface area contributed by atoms with Crippen LogP contribution < -0.4 is 15.8 Å². The number of methoxy groups -OCH3 is 1. The minimum Gasteiger partial charge on any atom is -0.495 e. The second kappa shape index (κ2) is 6.18. The molecular weight excluding hydrogens is 274 g/mol. The first-order valence-electron chi connectivity index (χ1n) is 6.00. The maximum Gasteiger partial charge on any atom is 0.141 e. The van der Waals surface area contributed by atoms with Crippen LogP contribution in [0.1, 0.15) is 11.1 Å². The van der Waals surface area contributed by atoms with Gasteiger partial charge in [0.15, 0.2) is 0 Å². The highest BCUT2D eigenvalue weighted by Crippen LogP contribution is 2.23. The van der Waals surface area contributed by atoms with E-state index in [2.05, 4.69) is 5.32 Å². The molecule has 0 aliphatic heterocycles. The van der Waals surface area contributed by atoms with E-state index in [1.807, 2.05) is 30.3 Å². The van der Waals surface area contributed by atoms with Crippen molar-refractivity contribution in [2.75, 3.05) is 18.2 Å². The van der Waals surface area contributed by atoms with E-state index >= 15 is 0 Å². The van der Waals surface area contributed by atoms with Crippen LogP contribution in [0.5, 0.6) is 5.75 Å².